The molecule has 0 spiro atoms. The van der Waals surface area contributed by atoms with Crippen LogP contribution in [0.5, 0.6) is 0 Å². The fraction of sp³-hybridized carbons (Fsp3) is 0.529. The lowest BCUT2D eigenvalue weighted by atomic mass is 9.99. The molecule has 20 heavy (non-hydrogen) atoms. The number of hydrogen-bond acceptors (Lipinski definition) is 3. The van der Waals surface area contributed by atoms with E-state index in [0.29, 0.717) is 6.04 Å². The van der Waals surface area contributed by atoms with Gasteiger partial charge >= 0.3 is 0 Å². The fourth-order valence-corrected chi connectivity index (χ4v) is 4.19. The van der Waals surface area contributed by atoms with Crippen LogP contribution in [0, 0.1) is 5.92 Å². The molecule has 0 saturated carbocycles. The summed E-state index contributed by atoms with van der Waals surface area (Å²) in [6, 6.07) is 9.17. The van der Waals surface area contributed by atoms with Crippen molar-refractivity contribution in [2.24, 2.45) is 5.92 Å². The van der Waals surface area contributed by atoms with E-state index in [9.17, 15) is 0 Å². The van der Waals surface area contributed by atoms with Crippen molar-refractivity contribution in [3.63, 3.8) is 0 Å². The minimum Gasteiger partial charge on any atom is -0.305 e. The summed E-state index contributed by atoms with van der Waals surface area (Å²) in [5, 5.41) is 8.15. The van der Waals surface area contributed by atoms with Crippen molar-refractivity contribution in [1.82, 2.24) is 5.32 Å². The highest BCUT2D eigenvalue weighted by Crippen LogP contribution is 2.29. The van der Waals surface area contributed by atoms with Gasteiger partial charge in [0.25, 0.3) is 0 Å². The van der Waals surface area contributed by atoms with Gasteiger partial charge in [0, 0.05) is 9.75 Å². The molecule has 2 aromatic rings. The maximum atomic E-state index is 3.81. The third-order valence-electron chi connectivity index (χ3n) is 3.81. The molecule has 2 rings (SSSR count). The minimum absolute atomic E-state index is 0.380. The molecule has 1 unspecified atom stereocenters. The summed E-state index contributed by atoms with van der Waals surface area (Å²) in [6.07, 6.45) is 5.27. The van der Waals surface area contributed by atoms with E-state index in [-0.39, 0.29) is 0 Å². The first-order chi connectivity index (χ1) is 9.85. The van der Waals surface area contributed by atoms with Gasteiger partial charge in [-0.05, 0) is 41.8 Å². The highest BCUT2D eigenvalue weighted by Gasteiger charge is 2.17. The van der Waals surface area contributed by atoms with Crippen LogP contribution in [0.1, 0.15) is 55.3 Å². The molecular formula is C17H25NS2. The molecule has 2 heterocycles. The highest BCUT2D eigenvalue weighted by molar-refractivity contribution is 7.11. The zero-order chi connectivity index (χ0) is 14.2. The summed E-state index contributed by atoms with van der Waals surface area (Å²) in [5.74, 6) is 0.803. The van der Waals surface area contributed by atoms with Gasteiger partial charge in [0.05, 0.1) is 6.04 Å². The summed E-state index contributed by atoms with van der Waals surface area (Å²) in [6.45, 7) is 5.71. The number of hydrogen-bond donors (Lipinski definition) is 1. The molecule has 0 amide bonds. The predicted octanol–water partition coefficient (Wildman–Crippen LogP) is 5.71. The molecular weight excluding hydrogens is 282 g/mol. The lowest BCUT2D eigenvalue weighted by Gasteiger charge is -2.21. The lowest BCUT2D eigenvalue weighted by molar-refractivity contribution is 0.407. The van der Waals surface area contributed by atoms with Gasteiger partial charge in [0.1, 0.15) is 0 Å². The third kappa shape index (κ3) is 4.44. The molecule has 0 aliphatic carbocycles. The first-order valence-corrected chi connectivity index (χ1v) is 9.41. The van der Waals surface area contributed by atoms with Gasteiger partial charge < -0.3 is 5.32 Å². The average Bonchev–Trinajstić information content (AvgIpc) is 3.16. The maximum Gasteiger partial charge on any atom is 0.0764 e. The zero-order valence-corrected chi connectivity index (χ0v) is 14.1. The Hall–Kier alpha value is -0.640. The quantitative estimate of drug-likeness (QED) is 0.626. The first-order valence-electron chi connectivity index (χ1n) is 7.65. The van der Waals surface area contributed by atoms with Crippen LogP contribution in [0.3, 0.4) is 0 Å². The van der Waals surface area contributed by atoms with Crippen LogP contribution >= 0.6 is 22.7 Å². The van der Waals surface area contributed by atoms with Crippen LogP contribution in [0.4, 0.5) is 0 Å². The van der Waals surface area contributed by atoms with Crippen molar-refractivity contribution in [2.75, 3.05) is 6.54 Å². The van der Waals surface area contributed by atoms with Crippen LogP contribution < -0.4 is 5.32 Å². The molecule has 1 atom stereocenters. The second-order valence-electron chi connectivity index (χ2n) is 5.29. The van der Waals surface area contributed by atoms with Crippen molar-refractivity contribution in [1.29, 1.82) is 0 Å². The maximum absolute atomic E-state index is 3.81. The topological polar surface area (TPSA) is 12.0 Å². The summed E-state index contributed by atoms with van der Waals surface area (Å²) in [7, 11) is 0. The molecule has 1 N–H and O–H groups in total. The Morgan fingerprint density at radius 3 is 2.15 bits per heavy atom. The van der Waals surface area contributed by atoms with Crippen LogP contribution in [-0.4, -0.2) is 6.54 Å². The first kappa shape index (κ1) is 15.7. The Morgan fingerprint density at radius 2 is 1.70 bits per heavy atom. The minimum atomic E-state index is 0.380. The Morgan fingerprint density at radius 1 is 1.05 bits per heavy atom. The van der Waals surface area contributed by atoms with Crippen LogP contribution in [0.2, 0.25) is 0 Å². The lowest BCUT2D eigenvalue weighted by Crippen LogP contribution is -2.27. The van der Waals surface area contributed by atoms with E-state index < -0.39 is 0 Å². The van der Waals surface area contributed by atoms with Crippen LogP contribution in [-0.2, 0) is 0 Å². The summed E-state index contributed by atoms with van der Waals surface area (Å²) in [5.41, 5.74) is 0. The largest absolute Gasteiger partial charge is 0.305 e. The van der Waals surface area contributed by atoms with Gasteiger partial charge in [-0.3, -0.25) is 0 Å². The van der Waals surface area contributed by atoms with E-state index >= 15 is 0 Å². The second-order valence-corrected chi connectivity index (χ2v) is 7.25. The predicted molar refractivity (Wildman–Crippen MR) is 91.8 cm³/mol. The Balaban J connectivity index is 1.98. The molecule has 0 aliphatic rings. The summed E-state index contributed by atoms with van der Waals surface area (Å²) in [4.78, 5) is 2.86. The van der Waals surface area contributed by atoms with E-state index in [1.807, 2.05) is 22.7 Å². The Labute approximate surface area is 131 Å². The molecule has 3 heteroatoms. The Kier molecular flexibility index (Phi) is 6.77. The SMILES string of the molecule is CCCCC(CC)CNC(c1cccs1)c1cccs1. The van der Waals surface area contributed by atoms with Gasteiger partial charge in [-0.1, -0.05) is 45.2 Å². The molecule has 0 bridgehead atoms. The van der Waals surface area contributed by atoms with Gasteiger partial charge in [-0.15, -0.1) is 22.7 Å². The molecule has 0 radical (unpaired) electrons. The smallest absolute Gasteiger partial charge is 0.0764 e. The molecule has 0 aromatic carbocycles. The molecule has 0 aliphatic heterocycles. The number of rotatable bonds is 9. The second kappa shape index (κ2) is 8.60. The van der Waals surface area contributed by atoms with Gasteiger partial charge in [0.2, 0.25) is 0 Å². The van der Waals surface area contributed by atoms with E-state index in [0.717, 1.165) is 12.5 Å². The molecule has 110 valence electrons. The Bertz CT molecular complexity index is 413. The standard InChI is InChI=1S/C17H25NS2/c1-3-5-8-14(4-2)13-18-17(15-9-6-11-19-15)16-10-7-12-20-16/h6-7,9-12,14,17-18H,3-5,8,13H2,1-2H3. The van der Waals surface area contributed by atoms with Gasteiger partial charge in [0.15, 0.2) is 0 Å². The molecule has 2 aromatic heterocycles. The van der Waals surface area contributed by atoms with Crippen molar-refractivity contribution in [3.05, 3.63) is 44.8 Å². The van der Waals surface area contributed by atoms with Crippen molar-refractivity contribution in [3.8, 4) is 0 Å². The average molecular weight is 308 g/mol. The molecule has 1 nitrogen and oxygen atoms in total. The zero-order valence-electron chi connectivity index (χ0n) is 12.5. The van der Waals surface area contributed by atoms with Gasteiger partial charge in [-0.25, -0.2) is 0 Å². The van der Waals surface area contributed by atoms with E-state index in [2.05, 4.69) is 54.2 Å². The van der Waals surface area contributed by atoms with E-state index in [1.165, 1.54) is 35.4 Å². The van der Waals surface area contributed by atoms with E-state index in [1.54, 1.807) is 0 Å². The molecule has 0 saturated heterocycles. The number of thiophene rings is 2. The van der Waals surface area contributed by atoms with Crippen molar-refractivity contribution in [2.45, 2.75) is 45.6 Å². The fourth-order valence-electron chi connectivity index (χ4n) is 2.48. The van der Waals surface area contributed by atoms with Crippen molar-refractivity contribution < 1.29 is 0 Å². The van der Waals surface area contributed by atoms with Crippen LogP contribution in [0.25, 0.3) is 0 Å². The van der Waals surface area contributed by atoms with Gasteiger partial charge in [-0.2, -0.15) is 0 Å². The normalized spacial score (nSPS) is 12.9. The molecule has 0 fully saturated rings. The number of nitrogens with one attached hydrogen (secondary N) is 1. The van der Waals surface area contributed by atoms with Crippen molar-refractivity contribution >= 4 is 22.7 Å². The highest BCUT2D eigenvalue weighted by atomic mass is 32.1. The number of unbranched alkanes of at least 4 members (excludes halogenated alkanes) is 1. The summed E-state index contributed by atoms with van der Waals surface area (Å²) >= 11 is 3.70. The summed E-state index contributed by atoms with van der Waals surface area (Å²) < 4.78 is 0. The van der Waals surface area contributed by atoms with E-state index in [4.69, 9.17) is 0 Å². The van der Waals surface area contributed by atoms with Crippen LogP contribution in [0.15, 0.2) is 35.0 Å². The third-order valence-corrected chi connectivity index (χ3v) is 5.68. The monoisotopic (exact) mass is 307 g/mol.